The summed E-state index contributed by atoms with van der Waals surface area (Å²) in [4.78, 5) is 35.2. The van der Waals surface area contributed by atoms with Crippen molar-refractivity contribution < 1.29 is 19.2 Å². The molecule has 1 N–H and O–H groups in total. The van der Waals surface area contributed by atoms with Gasteiger partial charge >= 0.3 is 11.7 Å². The number of hydrogen-bond acceptors (Lipinski definition) is 6. The first kappa shape index (κ1) is 20.9. The lowest BCUT2D eigenvalue weighted by molar-refractivity contribution is -0.385. The molecule has 0 aromatic heterocycles. The van der Waals surface area contributed by atoms with Crippen LogP contribution in [0, 0.1) is 10.1 Å². The van der Waals surface area contributed by atoms with Gasteiger partial charge in [0.05, 0.1) is 16.7 Å². The second-order valence-electron chi connectivity index (χ2n) is 5.91. The third-order valence-corrected chi connectivity index (χ3v) is 4.43. The van der Waals surface area contributed by atoms with Gasteiger partial charge in [0.1, 0.15) is 0 Å². The smallest absolute Gasteiger partial charge is 0.343 e. The Bertz CT molecular complexity index is 1120. The van der Waals surface area contributed by atoms with Crippen LogP contribution >= 0.6 is 15.9 Å². The van der Waals surface area contributed by atoms with Crippen LogP contribution < -0.4 is 10.2 Å². The van der Waals surface area contributed by atoms with Gasteiger partial charge in [-0.2, -0.15) is 5.10 Å². The van der Waals surface area contributed by atoms with Crippen LogP contribution in [-0.4, -0.2) is 23.0 Å². The molecule has 0 aliphatic carbocycles. The van der Waals surface area contributed by atoms with Crippen LogP contribution in [0.5, 0.6) is 5.75 Å². The summed E-state index contributed by atoms with van der Waals surface area (Å²) >= 11 is 3.27. The monoisotopic (exact) mass is 467 g/mol. The Morgan fingerprint density at radius 2 is 1.67 bits per heavy atom. The van der Waals surface area contributed by atoms with Crippen molar-refractivity contribution in [3.63, 3.8) is 0 Å². The van der Waals surface area contributed by atoms with E-state index in [1.54, 1.807) is 42.5 Å². The largest absolute Gasteiger partial charge is 0.415 e. The van der Waals surface area contributed by atoms with Crippen LogP contribution in [0.1, 0.15) is 26.3 Å². The predicted molar refractivity (Wildman–Crippen MR) is 114 cm³/mol. The standard InChI is InChI=1S/C21H14BrN3O5/c22-17-11-9-15(10-12-17)21(27)30-19-16(7-4-8-18(19)25(28)29)13-23-24-20(26)14-5-2-1-3-6-14/h1-13H,(H,24,26)/b23-13+. The SMILES string of the molecule is O=C(N/N=C/c1cccc([N+](=O)[O-])c1OC(=O)c1ccc(Br)cc1)c1ccccc1. The number of benzene rings is 3. The maximum atomic E-state index is 12.4. The number of hydrazone groups is 1. The van der Waals surface area contributed by atoms with E-state index in [2.05, 4.69) is 26.5 Å². The van der Waals surface area contributed by atoms with E-state index >= 15 is 0 Å². The summed E-state index contributed by atoms with van der Waals surface area (Å²) in [7, 11) is 0. The number of esters is 1. The summed E-state index contributed by atoms with van der Waals surface area (Å²) in [5.74, 6) is -1.49. The first-order valence-electron chi connectivity index (χ1n) is 8.59. The van der Waals surface area contributed by atoms with Crippen molar-refractivity contribution in [2.45, 2.75) is 0 Å². The number of carbonyl (C=O) groups is 2. The second kappa shape index (κ2) is 9.57. The molecule has 9 heteroatoms. The van der Waals surface area contributed by atoms with Crippen LogP contribution in [0.15, 0.2) is 82.4 Å². The fourth-order valence-electron chi connectivity index (χ4n) is 2.45. The van der Waals surface area contributed by atoms with Crippen molar-refractivity contribution in [1.82, 2.24) is 5.43 Å². The number of halogens is 1. The van der Waals surface area contributed by atoms with Crippen LogP contribution in [0.4, 0.5) is 5.69 Å². The molecule has 3 rings (SSSR count). The molecule has 0 fully saturated rings. The lowest BCUT2D eigenvalue weighted by atomic mass is 10.2. The highest BCUT2D eigenvalue weighted by Gasteiger charge is 2.22. The van der Waals surface area contributed by atoms with Gasteiger partial charge in [-0.25, -0.2) is 10.2 Å². The van der Waals surface area contributed by atoms with Gasteiger partial charge in [-0.3, -0.25) is 14.9 Å². The maximum absolute atomic E-state index is 12.4. The molecule has 0 aliphatic heterocycles. The second-order valence-corrected chi connectivity index (χ2v) is 6.83. The summed E-state index contributed by atoms with van der Waals surface area (Å²) in [6.45, 7) is 0. The third kappa shape index (κ3) is 5.15. The van der Waals surface area contributed by atoms with Crippen LogP contribution in [0.25, 0.3) is 0 Å². The molecular formula is C21H14BrN3O5. The topological polar surface area (TPSA) is 111 Å². The molecule has 8 nitrogen and oxygen atoms in total. The molecule has 0 spiro atoms. The molecule has 0 unspecified atom stereocenters. The molecular weight excluding hydrogens is 454 g/mol. The zero-order valence-corrected chi connectivity index (χ0v) is 16.9. The average Bonchev–Trinajstić information content (AvgIpc) is 2.75. The molecule has 150 valence electrons. The minimum absolute atomic E-state index is 0.156. The van der Waals surface area contributed by atoms with Gasteiger partial charge in [0.2, 0.25) is 5.75 Å². The minimum atomic E-state index is -0.764. The molecule has 0 radical (unpaired) electrons. The first-order chi connectivity index (χ1) is 14.5. The molecule has 0 bridgehead atoms. The summed E-state index contributed by atoms with van der Waals surface area (Å²) in [5, 5.41) is 15.2. The van der Waals surface area contributed by atoms with Gasteiger partial charge < -0.3 is 4.74 Å². The van der Waals surface area contributed by atoms with Crippen molar-refractivity contribution >= 4 is 39.7 Å². The molecule has 3 aromatic carbocycles. The minimum Gasteiger partial charge on any atom is -0.415 e. The number of rotatable bonds is 6. The Hall–Kier alpha value is -3.85. The Morgan fingerprint density at radius 3 is 2.33 bits per heavy atom. The number of carbonyl (C=O) groups excluding carboxylic acids is 2. The first-order valence-corrected chi connectivity index (χ1v) is 9.38. The Morgan fingerprint density at radius 1 is 0.967 bits per heavy atom. The summed E-state index contributed by atoms with van der Waals surface area (Å²) in [6.07, 6.45) is 1.18. The van der Waals surface area contributed by atoms with Gasteiger partial charge in [-0.05, 0) is 42.5 Å². The fourth-order valence-corrected chi connectivity index (χ4v) is 2.72. The van der Waals surface area contributed by atoms with E-state index in [-0.39, 0.29) is 16.9 Å². The highest BCUT2D eigenvalue weighted by atomic mass is 79.9. The molecule has 0 aliphatic rings. The number of nitrogens with zero attached hydrogens (tertiary/aromatic N) is 2. The lowest BCUT2D eigenvalue weighted by Crippen LogP contribution is -2.17. The van der Waals surface area contributed by atoms with Crippen molar-refractivity contribution in [3.8, 4) is 5.75 Å². The number of hydrogen-bond donors (Lipinski definition) is 1. The van der Waals surface area contributed by atoms with Gasteiger partial charge in [0.15, 0.2) is 0 Å². The van der Waals surface area contributed by atoms with Crippen molar-refractivity contribution in [1.29, 1.82) is 0 Å². The average molecular weight is 468 g/mol. The van der Waals surface area contributed by atoms with Crippen molar-refractivity contribution in [3.05, 3.63) is 104 Å². The fraction of sp³-hybridized carbons (Fsp3) is 0. The zero-order valence-electron chi connectivity index (χ0n) is 15.3. The molecule has 1 amide bonds. The van der Waals surface area contributed by atoms with E-state index in [0.717, 1.165) is 4.47 Å². The quantitative estimate of drug-likeness (QED) is 0.190. The van der Waals surface area contributed by atoms with Crippen LogP contribution in [0.2, 0.25) is 0 Å². The number of para-hydroxylation sites is 1. The molecule has 0 atom stereocenters. The highest BCUT2D eigenvalue weighted by Crippen LogP contribution is 2.30. The number of amides is 1. The lowest BCUT2D eigenvalue weighted by Gasteiger charge is -2.08. The van der Waals surface area contributed by atoms with Crippen molar-refractivity contribution in [2.24, 2.45) is 5.10 Å². The van der Waals surface area contributed by atoms with E-state index in [4.69, 9.17) is 4.74 Å². The number of nitrogens with one attached hydrogen (secondary N) is 1. The van der Waals surface area contributed by atoms with Crippen molar-refractivity contribution in [2.75, 3.05) is 0 Å². The Labute approximate surface area is 179 Å². The maximum Gasteiger partial charge on any atom is 0.343 e. The van der Waals surface area contributed by atoms with E-state index < -0.39 is 22.5 Å². The Balaban J connectivity index is 1.84. The number of nitro benzene ring substituents is 1. The molecule has 0 saturated heterocycles. The molecule has 30 heavy (non-hydrogen) atoms. The summed E-state index contributed by atoms with van der Waals surface area (Å²) < 4.78 is 6.08. The van der Waals surface area contributed by atoms with Gasteiger partial charge in [-0.1, -0.05) is 40.2 Å². The van der Waals surface area contributed by atoms with E-state index in [1.165, 1.54) is 36.5 Å². The van der Waals surface area contributed by atoms with Gasteiger partial charge in [0.25, 0.3) is 5.91 Å². The number of nitro groups is 1. The predicted octanol–water partition coefficient (Wildman–Crippen LogP) is 4.34. The number of ether oxygens (including phenoxy) is 1. The van der Waals surface area contributed by atoms with Crippen LogP contribution in [-0.2, 0) is 0 Å². The Kier molecular flexibility index (Phi) is 6.66. The normalized spacial score (nSPS) is 10.6. The van der Waals surface area contributed by atoms with Gasteiger partial charge in [-0.15, -0.1) is 0 Å². The summed E-state index contributed by atoms with van der Waals surface area (Å²) in [5.41, 5.74) is 2.70. The molecule has 0 saturated carbocycles. The molecule has 3 aromatic rings. The van der Waals surface area contributed by atoms with E-state index in [9.17, 15) is 19.7 Å². The highest BCUT2D eigenvalue weighted by molar-refractivity contribution is 9.10. The van der Waals surface area contributed by atoms with E-state index in [0.29, 0.717) is 5.56 Å². The molecule has 0 heterocycles. The van der Waals surface area contributed by atoms with Gasteiger partial charge in [0, 0.05) is 21.7 Å². The third-order valence-electron chi connectivity index (χ3n) is 3.90. The zero-order chi connectivity index (χ0) is 21.5. The van der Waals surface area contributed by atoms with E-state index in [1.807, 2.05) is 0 Å². The summed E-state index contributed by atoms with van der Waals surface area (Å²) in [6, 6.07) is 18.9. The van der Waals surface area contributed by atoms with Crippen LogP contribution in [0.3, 0.4) is 0 Å².